The van der Waals surface area contributed by atoms with Gasteiger partial charge < -0.3 is 9.80 Å². The van der Waals surface area contributed by atoms with E-state index in [4.69, 9.17) is 0 Å². The van der Waals surface area contributed by atoms with Gasteiger partial charge >= 0.3 is 0 Å². The third-order valence-electron chi connectivity index (χ3n) is 5.38. The summed E-state index contributed by atoms with van der Waals surface area (Å²) in [6.45, 7) is 8.22. The van der Waals surface area contributed by atoms with E-state index in [1.807, 2.05) is 37.4 Å². The molecule has 0 aliphatic carbocycles. The molecule has 3 heterocycles. The van der Waals surface area contributed by atoms with Crippen LogP contribution < -0.4 is 0 Å². The van der Waals surface area contributed by atoms with Gasteiger partial charge in [-0.15, -0.1) is 0 Å². The standard InChI is InChI=1S/C20H28N6O2/c1-14-12-22-18(13-21-14)20(28)26-9-5-8-25(10-11-26)19(27)7-6-17-15(2)23-24(4)16(17)3/h12-13H,5-11H2,1-4H3. The fourth-order valence-electron chi connectivity index (χ4n) is 3.60. The van der Waals surface area contributed by atoms with E-state index in [0.717, 1.165) is 29.1 Å². The molecule has 2 amide bonds. The first-order chi connectivity index (χ1) is 13.4. The van der Waals surface area contributed by atoms with E-state index in [2.05, 4.69) is 15.1 Å². The zero-order valence-electron chi connectivity index (χ0n) is 17.1. The third kappa shape index (κ3) is 4.37. The topological polar surface area (TPSA) is 84.2 Å². The average molecular weight is 384 g/mol. The summed E-state index contributed by atoms with van der Waals surface area (Å²) in [6.07, 6.45) is 5.04. The van der Waals surface area contributed by atoms with Crippen molar-refractivity contribution in [3.05, 3.63) is 40.7 Å². The Kier molecular flexibility index (Phi) is 6.06. The van der Waals surface area contributed by atoms with E-state index in [0.29, 0.717) is 44.7 Å². The van der Waals surface area contributed by atoms with Crippen LogP contribution in [0.25, 0.3) is 0 Å². The normalized spacial score (nSPS) is 14.9. The average Bonchev–Trinajstić information content (AvgIpc) is 2.86. The summed E-state index contributed by atoms with van der Waals surface area (Å²) in [5, 5.41) is 4.42. The van der Waals surface area contributed by atoms with Gasteiger partial charge in [0.05, 0.1) is 17.6 Å². The molecule has 1 fully saturated rings. The van der Waals surface area contributed by atoms with Crippen LogP contribution >= 0.6 is 0 Å². The number of rotatable bonds is 4. The van der Waals surface area contributed by atoms with Gasteiger partial charge in [0.1, 0.15) is 5.69 Å². The second-order valence-corrected chi connectivity index (χ2v) is 7.34. The Morgan fingerprint density at radius 2 is 1.71 bits per heavy atom. The Morgan fingerprint density at radius 1 is 1.00 bits per heavy atom. The molecule has 0 aromatic carbocycles. The molecule has 2 aromatic rings. The molecular formula is C20H28N6O2. The Bertz CT molecular complexity index is 858. The summed E-state index contributed by atoms with van der Waals surface area (Å²) in [6, 6.07) is 0. The van der Waals surface area contributed by atoms with Crippen molar-refractivity contribution in [3.63, 3.8) is 0 Å². The van der Waals surface area contributed by atoms with E-state index in [1.54, 1.807) is 11.1 Å². The van der Waals surface area contributed by atoms with E-state index in [1.165, 1.54) is 6.20 Å². The number of amides is 2. The summed E-state index contributed by atoms with van der Waals surface area (Å²) in [7, 11) is 1.92. The molecule has 0 radical (unpaired) electrons. The Balaban J connectivity index is 1.56. The van der Waals surface area contributed by atoms with Crippen LogP contribution in [-0.4, -0.2) is 67.5 Å². The van der Waals surface area contributed by atoms with Gasteiger partial charge in [-0.3, -0.25) is 19.3 Å². The highest BCUT2D eigenvalue weighted by Crippen LogP contribution is 2.15. The highest BCUT2D eigenvalue weighted by atomic mass is 16.2. The molecule has 0 atom stereocenters. The lowest BCUT2D eigenvalue weighted by atomic mass is 10.1. The maximum absolute atomic E-state index is 12.7. The number of carbonyl (C=O) groups is 2. The van der Waals surface area contributed by atoms with Gasteiger partial charge in [-0.1, -0.05) is 0 Å². The summed E-state index contributed by atoms with van der Waals surface area (Å²) < 4.78 is 1.86. The maximum Gasteiger partial charge on any atom is 0.274 e. The monoisotopic (exact) mass is 384 g/mol. The minimum atomic E-state index is -0.122. The van der Waals surface area contributed by atoms with Gasteiger partial charge in [-0.05, 0) is 39.2 Å². The zero-order chi connectivity index (χ0) is 20.3. The first-order valence-corrected chi connectivity index (χ1v) is 9.71. The molecule has 8 nitrogen and oxygen atoms in total. The summed E-state index contributed by atoms with van der Waals surface area (Å²) in [5.41, 5.74) is 4.38. The molecule has 0 spiro atoms. The summed E-state index contributed by atoms with van der Waals surface area (Å²) >= 11 is 0. The molecule has 0 unspecified atom stereocenters. The molecule has 0 saturated carbocycles. The molecule has 3 rings (SSSR count). The van der Waals surface area contributed by atoms with Gasteiger partial charge in [0, 0.05) is 51.5 Å². The van der Waals surface area contributed by atoms with Crippen LogP contribution in [0.1, 0.15) is 46.0 Å². The van der Waals surface area contributed by atoms with Crippen LogP contribution in [0.2, 0.25) is 0 Å². The van der Waals surface area contributed by atoms with E-state index < -0.39 is 0 Å². The molecule has 1 aliphatic heterocycles. The third-order valence-corrected chi connectivity index (χ3v) is 5.38. The number of nitrogens with zero attached hydrogens (tertiary/aromatic N) is 6. The van der Waals surface area contributed by atoms with Crippen LogP contribution in [0, 0.1) is 20.8 Å². The van der Waals surface area contributed by atoms with Crippen LogP contribution in [0.15, 0.2) is 12.4 Å². The first-order valence-electron chi connectivity index (χ1n) is 9.71. The SMILES string of the molecule is Cc1cnc(C(=O)N2CCCN(C(=O)CCc3c(C)nn(C)c3C)CC2)cn1. The fourth-order valence-corrected chi connectivity index (χ4v) is 3.60. The van der Waals surface area contributed by atoms with Crippen molar-refractivity contribution in [2.45, 2.75) is 40.0 Å². The molecule has 150 valence electrons. The van der Waals surface area contributed by atoms with Gasteiger partial charge in [-0.25, -0.2) is 4.98 Å². The molecule has 1 aliphatic rings. The smallest absolute Gasteiger partial charge is 0.274 e. The van der Waals surface area contributed by atoms with Crippen molar-refractivity contribution in [3.8, 4) is 0 Å². The van der Waals surface area contributed by atoms with E-state index in [9.17, 15) is 9.59 Å². The lowest BCUT2D eigenvalue weighted by molar-refractivity contribution is -0.131. The van der Waals surface area contributed by atoms with Gasteiger partial charge in [0.15, 0.2) is 0 Å². The van der Waals surface area contributed by atoms with Crippen molar-refractivity contribution in [2.24, 2.45) is 7.05 Å². The lowest BCUT2D eigenvalue weighted by Crippen LogP contribution is -2.37. The number of aromatic nitrogens is 4. The second kappa shape index (κ2) is 8.50. The minimum Gasteiger partial charge on any atom is -0.341 e. The van der Waals surface area contributed by atoms with Crippen molar-refractivity contribution >= 4 is 11.8 Å². The number of carbonyl (C=O) groups excluding carboxylic acids is 2. The number of aryl methyl sites for hydroxylation is 3. The van der Waals surface area contributed by atoms with Crippen LogP contribution in [0.3, 0.4) is 0 Å². The zero-order valence-corrected chi connectivity index (χ0v) is 17.1. The summed E-state index contributed by atoms with van der Waals surface area (Å²) in [4.78, 5) is 37.3. The Hall–Kier alpha value is -2.77. The quantitative estimate of drug-likeness (QED) is 0.796. The minimum absolute atomic E-state index is 0.122. The van der Waals surface area contributed by atoms with E-state index >= 15 is 0 Å². The molecule has 0 N–H and O–H groups in total. The molecule has 2 aromatic heterocycles. The Labute approximate surface area is 165 Å². The van der Waals surface area contributed by atoms with E-state index in [-0.39, 0.29) is 11.8 Å². The molecular weight excluding hydrogens is 356 g/mol. The lowest BCUT2D eigenvalue weighted by Gasteiger charge is -2.22. The first kappa shape index (κ1) is 20.0. The van der Waals surface area contributed by atoms with Crippen LogP contribution in [-0.2, 0) is 18.3 Å². The van der Waals surface area contributed by atoms with Crippen molar-refractivity contribution < 1.29 is 9.59 Å². The van der Waals surface area contributed by atoms with Crippen molar-refractivity contribution in [1.29, 1.82) is 0 Å². The molecule has 28 heavy (non-hydrogen) atoms. The Morgan fingerprint density at radius 3 is 2.36 bits per heavy atom. The predicted octanol–water partition coefficient (Wildman–Crippen LogP) is 1.44. The number of hydrogen-bond donors (Lipinski definition) is 0. The van der Waals surface area contributed by atoms with Crippen molar-refractivity contribution in [1.82, 2.24) is 29.5 Å². The molecule has 0 bridgehead atoms. The second-order valence-electron chi connectivity index (χ2n) is 7.34. The predicted molar refractivity (Wildman–Crippen MR) is 105 cm³/mol. The van der Waals surface area contributed by atoms with Crippen LogP contribution in [0.4, 0.5) is 0 Å². The largest absolute Gasteiger partial charge is 0.341 e. The maximum atomic E-state index is 12.7. The van der Waals surface area contributed by atoms with Crippen molar-refractivity contribution in [2.75, 3.05) is 26.2 Å². The fraction of sp³-hybridized carbons (Fsp3) is 0.550. The van der Waals surface area contributed by atoms with Gasteiger partial charge in [-0.2, -0.15) is 5.10 Å². The van der Waals surface area contributed by atoms with Crippen LogP contribution in [0.5, 0.6) is 0 Å². The summed E-state index contributed by atoms with van der Waals surface area (Å²) in [5.74, 6) is 0.00971. The molecule has 1 saturated heterocycles. The highest BCUT2D eigenvalue weighted by molar-refractivity contribution is 5.92. The van der Waals surface area contributed by atoms with Gasteiger partial charge in [0.25, 0.3) is 5.91 Å². The number of hydrogen-bond acceptors (Lipinski definition) is 5. The molecule has 8 heteroatoms. The highest BCUT2D eigenvalue weighted by Gasteiger charge is 2.24. The van der Waals surface area contributed by atoms with Gasteiger partial charge in [0.2, 0.25) is 5.91 Å².